The predicted octanol–water partition coefficient (Wildman–Crippen LogP) is 1.46. The zero-order valence-corrected chi connectivity index (χ0v) is 16.8. The third-order valence-electron chi connectivity index (χ3n) is 5.36. The number of nitrogens with one attached hydrogen (secondary N) is 1. The first kappa shape index (κ1) is 19.5. The molecule has 0 saturated carbocycles. The first-order chi connectivity index (χ1) is 13.8. The summed E-state index contributed by atoms with van der Waals surface area (Å²) in [5.41, 5.74) is 0. The second-order valence-electron chi connectivity index (χ2n) is 7.28. The maximum Gasteiger partial charge on any atom is 0.241 e. The summed E-state index contributed by atoms with van der Waals surface area (Å²) in [5.74, 6) is 1.58. The topological polar surface area (TPSA) is 83.7 Å². The van der Waals surface area contributed by atoms with Gasteiger partial charge in [0.05, 0.1) is 24.6 Å². The molecule has 4 rings (SSSR count). The van der Waals surface area contributed by atoms with Crippen LogP contribution in [0.1, 0.15) is 18.7 Å². The highest BCUT2D eigenvalue weighted by molar-refractivity contribution is 7.13. The molecule has 2 aliphatic rings. The molecule has 4 heterocycles. The van der Waals surface area contributed by atoms with Gasteiger partial charge >= 0.3 is 0 Å². The van der Waals surface area contributed by atoms with E-state index in [-0.39, 0.29) is 11.8 Å². The molecular formula is C19H27N5O3S. The Hall–Kier alpha value is -1.81. The van der Waals surface area contributed by atoms with Gasteiger partial charge in [-0.05, 0) is 37.4 Å². The summed E-state index contributed by atoms with van der Waals surface area (Å²) in [4.78, 5) is 22.5. The van der Waals surface area contributed by atoms with Crippen LogP contribution in [0, 0.1) is 5.92 Å². The van der Waals surface area contributed by atoms with Crippen molar-refractivity contribution in [1.29, 1.82) is 0 Å². The number of likely N-dealkylation sites (tertiary alicyclic amines) is 1. The lowest BCUT2D eigenvalue weighted by molar-refractivity contribution is -0.126. The minimum absolute atomic E-state index is 0.102. The van der Waals surface area contributed by atoms with Gasteiger partial charge in [0.15, 0.2) is 0 Å². The molecule has 1 amide bonds. The molecular weight excluding hydrogens is 378 g/mol. The van der Waals surface area contributed by atoms with Crippen molar-refractivity contribution in [3.8, 4) is 10.7 Å². The largest absolute Gasteiger partial charge is 0.379 e. The first-order valence-corrected chi connectivity index (χ1v) is 10.8. The summed E-state index contributed by atoms with van der Waals surface area (Å²) in [5, 5.41) is 9.17. The van der Waals surface area contributed by atoms with E-state index in [4.69, 9.17) is 9.26 Å². The van der Waals surface area contributed by atoms with E-state index in [2.05, 4.69) is 25.3 Å². The highest BCUT2D eigenvalue weighted by Crippen LogP contribution is 2.23. The normalized spacial score (nSPS) is 19.7. The smallest absolute Gasteiger partial charge is 0.241 e. The van der Waals surface area contributed by atoms with Crippen LogP contribution in [-0.4, -0.2) is 78.3 Å². The van der Waals surface area contributed by atoms with Crippen LogP contribution in [0.3, 0.4) is 0 Å². The molecule has 9 heteroatoms. The summed E-state index contributed by atoms with van der Waals surface area (Å²) in [6.45, 7) is 7.50. The molecule has 0 radical (unpaired) electrons. The molecule has 2 aromatic heterocycles. The number of morpholine rings is 1. The minimum Gasteiger partial charge on any atom is -0.379 e. The number of nitrogens with zero attached hydrogens (tertiary/aromatic N) is 4. The van der Waals surface area contributed by atoms with Gasteiger partial charge in [0.25, 0.3) is 0 Å². The Balaban J connectivity index is 1.16. The van der Waals surface area contributed by atoms with Crippen molar-refractivity contribution in [2.45, 2.75) is 19.4 Å². The van der Waals surface area contributed by atoms with E-state index >= 15 is 0 Å². The second kappa shape index (κ2) is 9.60. The lowest BCUT2D eigenvalue weighted by Crippen LogP contribution is -2.44. The molecule has 0 aromatic carbocycles. The molecule has 0 atom stereocenters. The molecule has 152 valence electrons. The molecule has 2 aromatic rings. The molecule has 2 saturated heterocycles. The Bertz CT molecular complexity index is 737. The Morgan fingerprint density at radius 2 is 2.04 bits per heavy atom. The summed E-state index contributed by atoms with van der Waals surface area (Å²) < 4.78 is 10.7. The van der Waals surface area contributed by atoms with Gasteiger partial charge < -0.3 is 14.6 Å². The van der Waals surface area contributed by atoms with E-state index in [0.29, 0.717) is 24.8 Å². The van der Waals surface area contributed by atoms with Crippen LogP contribution in [0.2, 0.25) is 0 Å². The van der Waals surface area contributed by atoms with Crippen molar-refractivity contribution in [2.24, 2.45) is 5.92 Å². The second-order valence-corrected chi connectivity index (χ2v) is 8.23. The van der Waals surface area contributed by atoms with Crippen molar-refractivity contribution < 1.29 is 14.1 Å². The number of carbonyl (C=O) groups is 1. The number of amides is 1. The van der Waals surface area contributed by atoms with Crippen LogP contribution in [0.25, 0.3) is 10.7 Å². The molecule has 1 N–H and O–H groups in total. The molecule has 0 aliphatic carbocycles. The molecule has 0 unspecified atom stereocenters. The number of hydrogen-bond acceptors (Lipinski definition) is 8. The van der Waals surface area contributed by atoms with Crippen molar-refractivity contribution in [1.82, 2.24) is 25.3 Å². The lowest BCUT2D eigenvalue weighted by Gasteiger charge is -2.30. The van der Waals surface area contributed by atoms with Gasteiger partial charge in [-0.3, -0.25) is 14.6 Å². The van der Waals surface area contributed by atoms with Crippen LogP contribution in [-0.2, 0) is 16.1 Å². The Kier molecular flexibility index (Phi) is 6.69. The van der Waals surface area contributed by atoms with Gasteiger partial charge in [-0.15, -0.1) is 11.3 Å². The quantitative estimate of drug-likeness (QED) is 0.747. The summed E-state index contributed by atoms with van der Waals surface area (Å²) in [6, 6.07) is 3.97. The van der Waals surface area contributed by atoms with E-state index < -0.39 is 0 Å². The van der Waals surface area contributed by atoms with E-state index in [0.717, 1.165) is 63.7 Å². The van der Waals surface area contributed by atoms with Gasteiger partial charge in [-0.2, -0.15) is 4.98 Å². The number of rotatable bonds is 7. The molecule has 0 spiro atoms. The lowest BCUT2D eigenvalue weighted by atomic mass is 9.96. The predicted molar refractivity (Wildman–Crippen MR) is 106 cm³/mol. The van der Waals surface area contributed by atoms with Crippen LogP contribution in [0.5, 0.6) is 0 Å². The highest BCUT2D eigenvalue weighted by Gasteiger charge is 2.26. The van der Waals surface area contributed by atoms with Crippen LogP contribution < -0.4 is 5.32 Å². The van der Waals surface area contributed by atoms with Crippen molar-refractivity contribution in [3.63, 3.8) is 0 Å². The van der Waals surface area contributed by atoms with Crippen molar-refractivity contribution in [2.75, 3.05) is 52.5 Å². The third kappa shape index (κ3) is 5.16. The number of thiophene rings is 1. The SMILES string of the molecule is O=C(NCCN1CCOCC1)C1CCN(Cc2nc(-c3cccs3)no2)CC1. The van der Waals surface area contributed by atoms with Crippen molar-refractivity contribution >= 4 is 17.2 Å². The van der Waals surface area contributed by atoms with E-state index in [1.165, 1.54) is 0 Å². The summed E-state index contributed by atoms with van der Waals surface area (Å²) >= 11 is 1.60. The molecule has 0 bridgehead atoms. The Morgan fingerprint density at radius 1 is 1.21 bits per heavy atom. The fourth-order valence-corrected chi connectivity index (χ4v) is 4.33. The van der Waals surface area contributed by atoms with E-state index in [1.54, 1.807) is 11.3 Å². The number of hydrogen-bond donors (Lipinski definition) is 1. The molecule has 2 aliphatic heterocycles. The average Bonchev–Trinajstić information content (AvgIpc) is 3.41. The summed E-state index contributed by atoms with van der Waals surface area (Å²) in [6.07, 6.45) is 1.74. The number of aromatic nitrogens is 2. The number of ether oxygens (including phenoxy) is 1. The van der Waals surface area contributed by atoms with Crippen LogP contribution >= 0.6 is 11.3 Å². The minimum atomic E-state index is 0.102. The zero-order valence-electron chi connectivity index (χ0n) is 16.0. The average molecular weight is 406 g/mol. The maximum absolute atomic E-state index is 12.4. The fraction of sp³-hybridized carbons (Fsp3) is 0.632. The van der Waals surface area contributed by atoms with Crippen molar-refractivity contribution in [3.05, 3.63) is 23.4 Å². The van der Waals surface area contributed by atoms with Crippen LogP contribution in [0.15, 0.2) is 22.0 Å². The molecule has 8 nitrogen and oxygen atoms in total. The van der Waals surface area contributed by atoms with Gasteiger partial charge in [-0.1, -0.05) is 11.2 Å². The van der Waals surface area contributed by atoms with Gasteiger partial charge in [0, 0.05) is 32.1 Å². The Labute approximate surface area is 168 Å². The van der Waals surface area contributed by atoms with E-state index in [1.807, 2.05) is 17.5 Å². The van der Waals surface area contributed by atoms with Gasteiger partial charge in [-0.25, -0.2) is 0 Å². The zero-order chi connectivity index (χ0) is 19.2. The standard InChI is InChI=1S/C19H27N5O3S/c25-19(20-5-8-23-9-11-26-12-10-23)15-3-6-24(7-4-15)14-17-21-18(22-27-17)16-2-1-13-28-16/h1-2,13,15H,3-12,14H2,(H,20,25). The Morgan fingerprint density at radius 3 is 2.79 bits per heavy atom. The maximum atomic E-state index is 12.4. The van der Waals surface area contributed by atoms with Gasteiger partial charge in [0.1, 0.15) is 0 Å². The first-order valence-electron chi connectivity index (χ1n) is 9.94. The number of piperidine rings is 1. The van der Waals surface area contributed by atoms with E-state index in [9.17, 15) is 4.79 Å². The molecule has 2 fully saturated rings. The van der Waals surface area contributed by atoms with Gasteiger partial charge in [0.2, 0.25) is 17.6 Å². The van der Waals surface area contributed by atoms with Crippen LogP contribution in [0.4, 0.5) is 0 Å². The number of carbonyl (C=O) groups excluding carboxylic acids is 1. The monoisotopic (exact) mass is 405 g/mol. The third-order valence-corrected chi connectivity index (χ3v) is 6.22. The summed E-state index contributed by atoms with van der Waals surface area (Å²) in [7, 11) is 0. The molecule has 28 heavy (non-hydrogen) atoms. The fourth-order valence-electron chi connectivity index (χ4n) is 3.68. The highest BCUT2D eigenvalue weighted by atomic mass is 32.1.